The number of hydrogen-bond acceptors (Lipinski definition) is 3. The van der Waals surface area contributed by atoms with E-state index in [1.165, 1.54) is 10.7 Å². The SMILES string of the molecule is C[C@@H]1C[C@H]1NC(=O)c1cc(C(=O)O)nn1-c1ccccc1. The van der Waals surface area contributed by atoms with E-state index in [4.69, 9.17) is 5.11 Å². The van der Waals surface area contributed by atoms with Crippen LogP contribution in [0.4, 0.5) is 0 Å². The van der Waals surface area contributed by atoms with E-state index in [-0.39, 0.29) is 23.3 Å². The summed E-state index contributed by atoms with van der Waals surface area (Å²) in [7, 11) is 0. The van der Waals surface area contributed by atoms with Crippen molar-refractivity contribution in [2.24, 2.45) is 5.92 Å². The van der Waals surface area contributed by atoms with Crippen LogP contribution in [0.25, 0.3) is 5.69 Å². The average molecular weight is 285 g/mol. The van der Waals surface area contributed by atoms with Crippen LogP contribution in [0.1, 0.15) is 34.3 Å². The Morgan fingerprint density at radius 2 is 2.00 bits per heavy atom. The van der Waals surface area contributed by atoms with Crippen LogP contribution < -0.4 is 5.32 Å². The normalized spacial score (nSPS) is 20.0. The molecule has 1 aromatic carbocycles. The number of benzene rings is 1. The molecule has 2 N–H and O–H groups in total. The van der Waals surface area contributed by atoms with Gasteiger partial charge in [-0.25, -0.2) is 9.48 Å². The molecule has 0 saturated heterocycles. The lowest BCUT2D eigenvalue weighted by molar-refractivity contribution is 0.0689. The van der Waals surface area contributed by atoms with Crippen molar-refractivity contribution < 1.29 is 14.7 Å². The molecule has 3 rings (SSSR count). The van der Waals surface area contributed by atoms with Crippen molar-refractivity contribution in [1.29, 1.82) is 0 Å². The number of aromatic nitrogens is 2. The number of hydrogen-bond donors (Lipinski definition) is 2. The molecule has 2 aromatic rings. The highest BCUT2D eigenvalue weighted by atomic mass is 16.4. The monoisotopic (exact) mass is 285 g/mol. The molecule has 1 aromatic heterocycles. The minimum atomic E-state index is -1.15. The second-order valence-electron chi connectivity index (χ2n) is 5.26. The van der Waals surface area contributed by atoms with Crippen LogP contribution in [-0.4, -0.2) is 32.8 Å². The van der Waals surface area contributed by atoms with Gasteiger partial charge in [0.1, 0.15) is 5.69 Å². The van der Waals surface area contributed by atoms with E-state index in [2.05, 4.69) is 17.3 Å². The van der Waals surface area contributed by atoms with E-state index in [9.17, 15) is 9.59 Å². The zero-order valence-electron chi connectivity index (χ0n) is 11.5. The number of carbonyl (C=O) groups is 2. The minimum Gasteiger partial charge on any atom is -0.476 e. The maximum Gasteiger partial charge on any atom is 0.356 e. The predicted molar refractivity (Wildman–Crippen MR) is 75.6 cm³/mol. The molecule has 0 unspecified atom stereocenters. The molecule has 21 heavy (non-hydrogen) atoms. The largest absolute Gasteiger partial charge is 0.476 e. The summed E-state index contributed by atoms with van der Waals surface area (Å²) >= 11 is 0. The number of rotatable bonds is 4. The maximum absolute atomic E-state index is 12.3. The molecule has 0 spiro atoms. The summed E-state index contributed by atoms with van der Waals surface area (Å²) in [5, 5.41) is 16.0. The van der Waals surface area contributed by atoms with Gasteiger partial charge in [-0.15, -0.1) is 0 Å². The molecule has 6 heteroatoms. The maximum atomic E-state index is 12.3. The third kappa shape index (κ3) is 2.65. The predicted octanol–water partition coefficient (Wildman–Crippen LogP) is 1.71. The first kappa shape index (κ1) is 13.4. The number of aromatic carboxylic acids is 1. The van der Waals surface area contributed by atoms with Crippen LogP contribution in [0.5, 0.6) is 0 Å². The number of carboxylic acid groups (broad SMARTS) is 1. The molecule has 1 aliphatic carbocycles. The van der Waals surface area contributed by atoms with Crippen LogP contribution in [0.15, 0.2) is 36.4 Å². The standard InChI is InChI=1S/C15H15N3O3/c1-9-7-11(9)16-14(19)13-8-12(15(20)21)17-18(13)10-5-3-2-4-6-10/h2-6,8-9,11H,7H2,1H3,(H,16,19)(H,20,21)/t9-,11-/m1/s1. The molecule has 6 nitrogen and oxygen atoms in total. The van der Waals surface area contributed by atoms with Crippen LogP contribution in [0, 0.1) is 5.92 Å². The molecule has 1 amide bonds. The van der Waals surface area contributed by atoms with Crippen molar-refractivity contribution >= 4 is 11.9 Å². The van der Waals surface area contributed by atoms with Crippen molar-refractivity contribution in [1.82, 2.24) is 15.1 Å². The zero-order chi connectivity index (χ0) is 15.0. The molecule has 108 valence electrons. The van der Waals surface area contributed by atoms with Gasteiger partial charge < -0.3 is 10.4 Å². The molecule has 0 aliphatic heterocycles. The summed E-state index contributed by atoms with van der Waals surface area (Å²) in [4.78, 5) is 23.4. The molecule has 1 heterocycles. The smallest absolute Gasteiger partial charge is 0.356 e. The molecule has 0 radical (unpaired) electrons. The van der Waals surface area contributed by atoms with Gasteiger partial charge in [0.25, 0.3) is 5.91 Å². The highest BCUT2D eigenvalue weighted by Gasteiger charge is 2.35. The van der Waals surface area contributed by atoms with Crippen molar-refractivity contribution in [2.75, 3.05) is 0 Å². The first-order valence-corrected chi connectivity index (χ1v) is 6.76. The Hall–Kier alpha value is -2.63. The highest BCUT2D eigenvalue weighted by Crippen LogP contribution is 2.29. The number of nitrogens with zero attached hydrogens (tertiary/aromatic N) is 2. The van der Waals surface area contributed by atoms with Crippen LogP contribution in [0.2, 0.25) is 0 Å². The van der Waals surface area contributed by atoms with E-state index in [1.807, 2.05) is 18.2 Å². The molecule has 1 aliphatic rings. The fourth-order valence-corrected chi connectivity index (χ4v) is 2.18. The Labute approximate surface area is 121 Å². The van der Waals surface area contributed by atoms with Gasteiger partial charge in [0.15, 0.2) is 5.69 Å². The number of para-hydroxylation sites is 1. The highest BCUT2D eigenvalue weighted by molar-refractivity contribution is 5.96. The van der Waals surface area contributed by atoms with Gasteiger partial charge in [-0.2, -0.15) is 5.10 Å². The summed E-state index contributed by atoms with van der Waals surface area (Å²) in [6, 6.07) is 10.5. The van der Waals surface area contributed by atoms with Crippen molar-refractivity contribution in [2.45, 2.75) is 19.4 Å². The van der Waals surface area contributed by atoms with Gasteiger partial charge in [0.05, 0.1) is 5.69 Å². The lowest BCUT2D eigenvalue weighted by Gasteiger charge is -2.07. The van der Waals surface area contributed by atoms with E-state index < -0.39 is 5.97 Å². The summed E-state index contributed by atoms with van der Waals surface area (Å²) in [5.74, 6) is -0.979. The van der Waals surface area contributed by atoms with Crippen LogP contribution in [-0.2, 0) is 0 Å². The van der Waals surface area contributed by atoms with Crippen LogP contribution >= 0.6 is 0 Å². The second kappa shape index (κ2) is 5.05. The molecule has 2 atom stereocenters. The molecule has 1 saturated carbocycles. The molecule has 1 fully saturated rings. The van der Waals surface area contributed by atoms with E-state index in [1.54, 1.807) is 12.1 Å². The molecular weight excluding hydrogens is 270 g/mol. The first-order valence-electron chi connectivity index (χ1n) is 6.76. The number of amides is 1. The Bertz CT molecular complexity index is 693. The van der Waals surface area contributed by atoms with Gasteiger partial charge in [0.2, 0.25) is 0 Å². The Morgan fingerprint density at radius 3 is 2.57 bits per heavy atom. The van der Waals surface area contributed by atoms with Crippen LogP contribution in [0.3, 0.4) is 0 Å². The summed E-state index contributed by atoms with van der Waals surface area (Å²) < 4.78 is 1.37. The van der Waals surface area contributed by atoms with Gasteiger partial charge in [-0.3, -0.25) is 4.79 Å². The third-order valence-electron chi connectivity index (χ3n) is 3.59. The average Bonchev–Trinajstić information content (AvgIpc) is 3.00. The number of carbonyl (C=O) groups excluding carboxylic acids is 1. The summed E-state index contributed by atoms with van der Waals surface area (Å²) in [6.07, 6.45) is 0.955. The van der Waals surface area contributed by atoms with E-state index in [0.717, 1.165) is 6.42 Å². The Kier molecular flexibility index (Phi) is 3.21. The van der Waals surface area contributed by atoms with Gasteiger partial charge in [-0.05, 0) is 24.5 Å². The van der Waals surface area contributed by atoms with E-state index >= 15 is 0 Å². The number of carboxylic acids is 1. The molecular formula is C15H15N3O3. The van der Waals surface area contributed by atoms with Gasteiger partial charge in [-0.1, -0.05) is 25.1 Å². The number of nitrogens with one attached hydrogen (secondary N) is 1. The lowest BCUT2D eigenvalue weighted by atomic mass is 10.3. The van der Waals surface area contributed by atoms with Crippen molar-refractivity contribution in [3.05, 3.63) is 47.8 Å². The fraction of sp³-hybridized carbons (Fsp3) is 0.267. The lowest BCUT2D eigenvalue weighted by Crippen LogP contribution is -2.28. The van der Waals surface area contributed by atoms with Crippen molar-refractivity contribution in [3.8, 4) is 5.69 Å². The first-order chi connectivity index (χ1) is 10.1. The minimum absolute atomic E-state index is 0.146. The second-order valence-corrected chi connectivity index (χ2v) is 5.26. The van der Waals surface area contributed by atoms with Gasteiger partial charge >= 0.3 is 5.97 Å². The third-order valence-corrected chi connectivity index (χ3v) is 3.59. The summed E-state index contributed by atoms with van der Waals surface area (Å²) in [6.45, 7) is 2.06. The fourth-order valence-electron chi connectivity index (χ4n) is 2.18. The summed E-state index contributed by atoms with van der Waals surface area (Å²) in [5.41, 5.74) is 0.740. The Balaban J connectivity index is 1.97. The van der Waals surface area contributed by atoms with Gasteiger partial charge in [0, 0.05) is 12.1 Å². The topological polar surface area (TPSA) is 84.2 Å². The van der Waals surface area contributed by atoms with E-state index in [0.29, 0.717) is 11.6 Å². The zero-order valence-corrected chi connectivity index (χ0v) is 11.5. The quantitative estimate of drug-likeness (QED) is 0.895. The van der Waals surface area contributed by atoms with Crippen molar-refractivity contribution in [3.63, 3.8) is 0 Å². The molecule has 0 bridgehead atoms. The Morgan fingerprint density at radius 1 is 1.33 bits per heavy atom.